The van der Waals surface area contributed by atoms with E-state index in [9.17, 15) is 19.5 Å². The largest absolute Gasteiger partial charge is 0.502 e. The van der Waals surface area contributed by atoms with Gasteiger partial charge in [0.2, 0.25) is 17.1 Å². The highest BCUT2D eigenvalue weighted by atomic mass is 16.4. The molecule has 23 heavy (non-hydrogen) atoms. The molecule has 1 heterocycles. The van der Waals surface area contributed by atoms with Crippen molar-refractivity contribution in [2.75, 3.05) is 0 Å². The minimum absolute atomic E-state index is 0.0708. The SMILES string of the molecule is Cc1cc(=O)c(O)c([C@@H](CC(N)=O)c2ccc(C(=O)O)cc2)o1. The Morgan fingerprint density at radius 3 is 2.39 bits per heavy atom. The zero-order valence-corrected chi connectivity index (χ0v) is 12.3. The molecule has 2 rings (SSSR count). The first-order valence-corrected chi connectivity index (χ1v) is 6.74. The normalized spacial score (nSPS) is 11.9. The number of carbonyl (C=O) groups is 2. The molecule has 0 radical (unpaired) electrons. The van der Waals surface area contributed by atoms with Crippen LogP contribution in [0.5, 0.6) is 5.75 Å². The van der Waals surface area contributed by atoms with E-state index < -0.39 is 29.0 Å². The number of aryl methyl sites for hydroxylation is 1. The van der Waals surface area contributed by atoms with Gasteiger partial charge in [-0.3, -0.25) is 9.59 Å². The van der Waals surface area contributed by atoms with Crippen LogP contribution in [0.4, 0.5) is 0 Å². The first kappa shape index (κ1) is 16.3. The second-order valence-electron chi connectivity index (χ2n) is 5.08. The van der Waals surface area contributed by atoms with E-state index in [-0.39, 0.29) is 23.5 Å². The van der Waals surface area contributed by atoms with Crippen molar-refractivity contribution in [1.82, 2.24) is 0 Å². The summed E-state index contributed by atoms with van der Waals surface area (Å²) in [5.41, 5.74) is 5.18. The fourth-order valence-corrected chi connectivity index (χ4v) is 2.28. The highest BCUT2D eigenvalue weighted by molar-refractivity contribution is 5.87. The van der Waals surface area contributed by atoms with Gasteiger partial charge in [0.15, 0.2) is 5.76 Å². The average Bonchev–Trinajstić information content (AvgIpc) is 2.48. The molecule has 0 saturated heterocycles. The fraction of sp³-hybridized carbons (Fsp3) is 0.188. The van der Waals surface area contributed by atoms with Gasteiger partial charge in [-0.2, -0.15) is 0 Å². The number of aromatic carboxylic acids is 1. The number of primary amides is 1. The quantitative estimate of drug-likeness (QED) is 0.763. The summed E-state index contributed by atoms with van der Waals surface area (Å²) in [6.07, 6.45) is -0.202. The zero-order valence-electron chi connectivity index (χ0n) is 12.3. The molecular weight excluding hydrogens is 302 g/mol. The molecule has 0 aliphatic rings. The average molecular weight is 317 g/mol. The van der Waals surface area contributed by atoms with Crippen LogP contribution in [0.25, 0.3) is 0 Å². The standard InChI is InChI=1S/C16H15NO6/c1-8-6-12(18)14(20)15(23-8)11(7-13(17)19)9-2-4-10(5-3-9)16(21)22/h2-6,11,20H,7H2,1H3,(H2,17,19)(H,21,22)/t11-/m0/s1. The van der Waals surface area contributed by atoms with Gasteiger partial charge in [-0.05, 0) is 24.6 Å². The second kappa shape index (κ2) is 6.35. The van der Waals surface area contributed by atoms with E-state index in [0.29, 0.717) is 5.56 Å². The lowest BCUT2D eigenvalue weighted by molar-refractivity contribution is -0.118. The number of benzene rings is 1. The maximum absolute atomic E-state index is 11.7. The molecule has 0 bridgehead atoms. The Bertz CT molecular complexity index is 806. The lowest BCUT2D eigenvalue weighted by Crippen LogP contribution is -2.18. The van der Waals surface area contributed by atoms with Crippen molar-refractivity contribution in [3.8, 4) is 5.75 Å². The van der Waals surface area contributed by atoms with Gasteiger partial charge in [0, 0.05) is 12.5 Å². The molecule has 1 aromatic carbocycles. The molecule has 0 aliphatic carbocycles. The number of aromatic hydroxyl groups is 1. The summed E-state index contributed by atoms with van der Waals surface area (Å²) >= 11 is 0. The number of hydrogen-bond acceptors (Lipinski definition) is 5. The maximum Gasteiger partial charge on any atom is 0.335 e. The lowest BCUT2D eigenvalue weighted by Gasteiger charge is -2.16. The molecule has 4 N–H and O–H groups in total. The number of carboxylic acids is 1. The Morgan fingerprint density at radius 1 is 1.26 bits per heavy atom. The molecule has 2 aromatic rings. The highest BCUT2D eigenvalue weighted by Gasteiger charge is 2.25. The number of hydrogen-bond donors (Lipinski definition) is 3. The van der Waals surface area contributed by atoms with Crippen molar-refractivity contribution in [3.63, 3.8) is 0 Å². The third kappa shape index (κ3) is 3.57. The molecule has 7 nitrogen and oxygen atoms in total. The van der Waals surface area contributed by atoms with E-state index >= 15 is 0 Å². The Balaban J connectivity index is 2.55. The molecular formula is C16H15NO6. The first-order valence-electron chi connectivity index (χ1n) is 6.74. The predicted molar refractivity (Wildman–Crippen MR) is 80.4 cm³/mol. The topological polar surface area (TPSA) is 131 Å². The van der Waals surface area contributed by atoms with Gasteiger partial charge in [0.1, 0.15) is 5.76 Å². The molecule has 7 heteroatoms. The van der Waals surface area contributed by atoms with E-state index in [1.165, 1.54) is 24.3 Å². The Kier molecular flexibility index (Phi) is 4.49. The van der Waals surface area contributed by atoms with Crippen LogP contribution in [0.2, 0.25) is 0 Å². The van der Waals surface area contributed by atoms with Crippen LogP contribution in [0.1, 0.15) is 39.8 Å². The summed E-state index contributed by atoms with van der Waals surface area (Å²) in [6.45, 7) is 1.54. The highest BCUT2D eigenvalue weighted by Crippen LogP contribution is 2.32. The molecule has 1 aromatic heterocycles. The monoisotopic (exact) mass is 317 g/mol. The summed E-state index contributed by atoms with van der Waals surface area (Å²) < 4.78 is 5.41. The van der Waals surface area contributed by atoms with Crippen molar-refractivity contribution in [3.05, 3.63) is 63.2 Å². The van der Waals surface area contributed by atoms with Gasteiger partial charge in [0.05, 0.1) is 11.5 Å². The van der Waals surface area contributed by atoms with E-state index in [2.05, 4.69) is 0 Å². The Labute approximate surface area is 131 Å². The lowest BCUT2D eigenvalue weighted by atomic mass is 9.91. The molecule has 0 aliphatic heterocycles. The summed E-state index contributed by atoms with van der Waals surface area (Å²) in [5, 5.41) is 18.9. The van der Waals surface area contributed by atoms with Crippen LogP contribution < -0.4 is 11.2 Å². The van der Waals surface area contributed by atoms with Crippen molar-refractivity contribution < 1.29 is 24.2 Å². The van der Waals surface area contributed by atoms with Gasteiger partial charge < -0.3 is 20.4 Å². The summed E-state index contributed by atoms with van der Waals surface area (Å²) in [6, 6.07) is 6.82. The zero-order chi connectivity index (χ0) is 17.1. The van der Waals surface area contributed by atoms with Crippen LogP contribution in [0, 0.1) is 6.92 Å². The Hall–Kier alpha value is -3.09. The fourth-order valence-electron chi connectivity index (χ4n) is 2.28. The molecule has 1 atom stereocenters. The molecule has 120 valence electrons. The van der Waals surface area contributed by atoms with Crippen LogP contribution in [-0.4, -0.2) is 22.1 Å². The third-order valence-corrected chi connectivity index (χ3v) is 3.35. The molecule has 0 fully saturated rings. The van der Waals surface area contributed by atoms with Gasteiger partial charge in [0.25, 0.3) is 0 Å². The summed E-state index contributed by atoms with van der Waals surface area (Å²) in [7, 11) is 0. The maximum atomic E-state index is 11.7. The van der Waals surface area contributed by atoms with Crippen LogP contribution >= 0.6 is 0 Å². The van der Waals surface area contributed by atoms with Crippen molar-refractivity contribution in [1.29, 1.82) is 0 Å². The third-order valence-electron chi connectivity index (χ3n) is 3.35. The summed E-state index contributed by atoms with van der Waals surface area (Å²) in [5.74, 6) is -2.92. The van der Waals surface area contributed by atoms with E-state index in [1.807, 2.05) is 0 Å². The van der Waals surface area contributed by atoms with Crippen molar-refractivity contribution >= 4 is 11.9 Å². The number of carbonyl (C=O) groups excluding carboxylic acids is 1. The smallest absolute Gasteiger partial charge is 0.335 e. The van der Waals surface area contributed by atoms with Crippen LogP contribution in [-0.2, 0) is 4.79 Å². The first-order chi connectivity index (χ1) is 10.8. The number of carboxylic acid groups (broad SMARTS) is 1. The predicted octanol–water partition coefficient (Wildman–Crippen LogP) is 1.36. The molecule has 0 saturated carbocycles. The van der Waals surface area contributed by atoms with E-state index in [1.54, 1.807) is 6.92 Å². The van der Waals surface area contributed by atoms with Crippen molar-refractivity contribution in [2.24, 2.45) is 5.73 Å². The van der Waals surface area contributed by atoms with Gasteiger partial charge in [-0.1, -0.05) is 12.1 Å². The number of rotatable bonds is 5. The molecule has 0 unspecified atom stereocenters. The van der Waals surface area contributed by atoms with Gasteiger partial charge in [-0.25, -0.2) is 4.79 Å². The molecule has 1 amide bonds. The van der Waals surface area contributed by atoms with Gasteiger partial charge >= 0.3 is 5.97 Å². The minimum atomic E-state index is -1.09. The van der Waals surface area contributed by atoms with E-state index in [0.717, 1.165) is 6.07 Å². The van der Waals surface area contributed by atoms with Crippen LogP contribution in [0.3, 0.4) is 0 Å². The van der Waals surface area contributed by atoms with Crippen LogP contribution in [0.15, 0.2) is 39.5 Å². The Morgan fingerprint density at radius 2 is 1.87 bits per heavy atom. The summed E-state index contributed by atoms with van der Waals surface area (Å²) in [4.78, 5) is 34.0. The van der Waals surface area contributed by atoms with Crippen molar-refractivity contribution in [2.45, 2.75) is 19.3 Å². The second-order valence-corrected chi connectivity index (χ2v) is 5.08. The number of nitrogens with two attached hydrogens (primary N) is 1. The molecule has 0 spiro atoms. The number of amides is 1. The minimum Gasteiger partial charge on any atom is -0.502 e. The van der Waals surface area contributed by atoms with E-state index in [4.69, 9.17) is 15.3 Å². The van der Waals surface area contributed by atoms with Gasteiger partial charge in [-0.15, -0.1) is 0 Å².